The number of fused-ring (bicyclic) bond motifs is 1. The van der Waals surface area contributed by atoms with Gasteiger partial charge in [0.1, 0.15) is 0 Å². The maximum atomic E-state index is 10.6. The average Bonchev–Trinajstić information content (AvgIpc) is 3.48. The van der Waals surface area contributed by atoms with Crippen molar-refractivity contribution >= 4 is 5.97 Å². The molecule has 1 N–H and O–H groups in total. The Morgan fingerprint density at radius 2 is 1.75 bits per heavy atom. The van der Waals surface area contributed by atoms with Gasteiger partial charge in [0.15, 0.2) is 11.5 Å². The third-order valence-corrected chi connectivity index (χ3v) is 6.94. The third kappa shape index (κ3) is 6.68. The Morgan fingerprint density at radius 1 is 1.08 bits per heavy atom. The summed E-state index contributed by atoms with van der Waals surface area (Å²) in [5.74, 6) is -1.02. The van der Waals surface area contributed by atoms with Crippen LogP contribution < -0.4 is 9.47 Å². The van der Waals surface area contributed by atoms with E-state index in [0.29, 0.717) is 12.8 Å². The fourth-order valence-electron chi connectivity index (χ4n) is 4.87. The molecule has 0 aliphatic carbocycles. The first-order valence-corrected chi connectivity index (χ1v) is 11.9. The van der Waals surface area contributed by atoms with Gasteiger partial charge >= 0.3 is 12.1 Å². The van der Waals surface area contributed by atoms with Crippen LogP contribution in [-0.4, -0.2) is 72.2 Å². The highest BCUT2D eigenvalue weighted by atomic mass is 19.4. The molecule has 2 saturated heterocycles. The molecule has 5 rings (SSSR count). The number of halogens is 3. The van der Waals surface area contributed by atoms with Gasteiger partial charge in [-0.2, -0.15) is 13.2 Å². The maximum Gasteiger partial charge on any atom is 0.490 e. The molecule has 10 heteroatoms. The van der Waals surface area contributed by atoms with Crippen LogP contribution in [0.4, 0.5) is 13.2 Å². The van der Waals surface area contributed by atoms with Crippen molar-refractivity contribution in [2.24, 2.45) is 0 Å². The molecule has 196 valence electrons. The molecule has 3 aliphatic heterocycles. The number of alkyl halides is 3. The van der Waals surface area contributed by atoms with E-state index in [1.807, 2.05) is 6.07 Å². The largest absolute Gasteiger partial charge is 0.490 e. The fraction of sp³-hybridized carbons (Fsp3) is 0.500. The Morgan fingerprint density at radius 3 is 2.42 bits per heavy atom. The molecule has 2 aromatic carbocycles. The summed E-state index contributed by atoms with van der Waals surface area (Å²) in [4.78, 5) is 13.9. The topological polar surface area (TPSA) is 71.5 Å². The number of carbonyl (C=O) groups is 1. The van der Waals surface area contributed by atoms with Crippen LogP contribution in [0.5, 0.6) is 11.5 Å². The van der Waals surface area contributed by atoms with Crippen LogP contribution in [-0.2, 0) is 22.6 Å². The lowest BCUT2D eigenvalue weighted by Gasteiger charge is -2.39. The second-order valence-corrected chi connectivity index (χ2v) is 9.52. The lowest BCUT2D eigenvalue weighted by atomic mass is 9.87. The number of carboxylic acids is 1. The molecule has 2 aromatic rings. The van der Waals surface area contributed by atoms with Crippen molar-refractivity contribution in [3.05, 3.63) is 59.7 Å². The number of likely N-dealkylation sites (N-methyl/N-ethyl adjacent to an activating group) is 1. The molecule has 0 saturated carbocycles. The van der Waals surface area contributed by atoms with Crippen molar-refractivity contribution in [1.29, 1.82) is 0 Å². The minimum Gasteiger partial charge on any atom is -0.475 e. The summed E-state index contributed by atoms with van der Waals surface area (Å²) in [5, 5.41) is 7.12. The standard InChI is InChI=1S/C24H30N2O3.C2HF3O2/c1-25(15-19-5-3-2-4-6-19)21-14-24(29-17-21)9-11-26(12-10-24)16-20-7-8-22-23(13-20)28-18-27-22;3-2(4,5)1(6)7/h2-8,13,21H,9-12,14-18H2,1H3;(H,6,7). The van der Waals surface area contributed by atoms with Crippen LogP contribution in [0.2, 0.25) is 0 Å². The second-order valence-electron chi connectivity index (χ2n) is 9.52. The van der Waals surface area contributed by atoms with Crippen LogP contribution in [0.1, 0.15) is 30.4 Å². The van der Waals surface area contributed by atoms with E-state index in [4.69, 9.17) is 24.1 Å². The second kappa shape index (κ2) is 11.1. The first-order chi connectivity index (χ1) is 17.1. The zero-order valence-corrected chi connectivity index (χ0v) is 20.2. The van der Waals surface area contributed by atoms with E-state index >= 15 is 0 Å². The van der Waals surface area contributed by atoms with E-state index in [1.165, 1.54) is 11.1 Å². The van der Waals surface area contributed by atoms with E-state index in [2.05, 4.69) is 59.3 Å². The molecule has 2 fully saturated rings. The third-order valence-electron chi connectivity index (χ3n) is 6.94. The fourth-order valence-corrected chi connectivity index (χ4v) is 4.87. The number of rotatable bonds is 5. The van der Waals surface area contributed by atoms with E-state index < -0.39 is 12.1 Å². The van der Waals surface area contributed by atoms with Gasteiger partial charge in [-0.3, -0.25) is 9.80 Å². The van der Waals surface area contributed by atoms with E-state index in [0.717, 1.165) is 63.5 Å². The van der Waals surface area contributed by atoms with Crippen LogP contribution in [0, 0.1) is 0 Å². The SMILES string of the molecule is CN(Cc1ccccc1)C1COC2(CCN(Cc3ccc4c(c3)OCO4)CC2)C1.O=C(O)C(F)(F)F. The Balaban J connectivity index is 0.000000384. The molecule has 0 amide bonds. The molecule has 0 bridgehead atoms. The first kappa shape index (κ1) is 26.2. The number of aliphatic carboxylic acids is 1. The predicted octanol–water partition coefficient (Wildman–Crippen LogP) is 4.30. The zero-order valence-electron chi connectivity index (χ0n) is 20.2. The average molecular weight is 509 g/mol. The Hall–Kier alpha value is -2.82. The molecule has 0 aromatic heterocycles. The highest BCUT2D eigenvalue weighted by Crippen LogP contribution is 2.38. The van der Waals surface area contributed by atoms with Gasteiger partial charge in [-0.25, -0.2) is 4.79 Å². The normalized spacial score (nSPS) is 20.9. The van der Waals surface area contributed by atoms with Crippen molar-refractivity contribution in [3.8, 4) is 11.5 Å². The number of benzene rings is 2. The summed E-state index contributed by atoms with van der Waals surface area (Å²) in [6.45, 7) is 5.31. The summed E-state index contributed by atoms with van der Waals surface area (Å²) in [5.41, 5.74) is 2.73. The summed E-state index contributed by atoms with van der Waals surface area (Å²) in [6, 6.07) is 17.5. The monoisotopic (exact) mass is 508 g/mol. The minimum atomic E-state index is -5.08. The molecule has 0 radical (unpaired) electrons. The van der Waals surface area contributed by atoms with Gasteiger partial charge < -0.3 is 19.3 Å². The van der Waals surface area contributed by atoms with Gasteiger partial charge in [-0.05, 0) is 49.6 Å². The van der Waals surface area contributed by atoms with Gasteiger partial charge in [-0.1, -0.05) is 36.4 Å². The number of ether oxygens (including phenoxy) is 3. The number of hydrogen-bond donors (Lipinski definition) is 1. The minimum absolute atomic E-state index is 0.0704. The van der Waals surface area contributed by atoms with Gasteiger partial charge in [0, 0.05) is 32.2 Å². The molecule has 36 heavy (non-hydrogen) atoms. The van der Waals surface area contributed by atoms with Crippen LogP contribution in [0.3, 0.4) is 0 Å². The first-order valence-electron chi connectivity index (χ1n) is 11.9. The van der Waals surface area contributed by atoms with Crippen LogP contribution >= 0.6 is 0 Å². The Kier molecular flexibility index (Phi) is 8.07. The summed E-state index contributed by atoms with van der Waals surface area (Å²) in [7, 11) is 2.23. The van der Waals surface area contributed by atoms with E-state index in [9.17, 15) is 13.2 Å². The van der Waals surface area contributed by atoms with Gasteiger partial charge in [-0.15, -0.1) is 0 Å². The van der Waals surface area contributed by atoms with Crippen LogP contribution in [0.15, 0.2) is 48.5 Å². The van der Waals surface area contributed by atoms with Gasteiger partial charge in [0.25, 0.3) is 0 Å². The molecule has 1 unspecified atom stereocenters. The molecule has 3 heterocycles. The number of hydrogen-bond acceptors (Lipinski definition) is 6. The smallest absolute Gasteiger partial charge is 0.475 e. The van der Waals surface area contributed by atoms with Crippen molar-refractivity contribution in [2.75, 3.05) is 33.5 Å². The molecular formula is C26H31F3N2O5. The highest BCUT2D eigenvalue weighted by Gasteiger charge is 2.43. The number of likely N-dealkylation sites (tertiary alicyclic amines) is 1. The number of piperidine rings is 1. The van der Waals surface area contributed by atoms with Crippen molar-refractivity contribution in [1.82, 2.24) is 9.80 Å². The number of carboxylic acid groups (broad SMARTS) is 1. The number of nitrogens with zero attached hydrogens (tertiary/aromatic N) is 2. The molecule has 1 spiro atoms. The maximum absolute atomic E-state index is 10.6. The molecule has 1 atom stereocenters. The summed E-state index contributed by atoms with van der Waals surface area (Å²) in [6.07, 6.45) is -1.70. The highest BCUT2D eigenvalue weighted by molar-refractivity contribution is 5.73. The van der Waals surface area contributed by atoms with Crippen molar-refractivity contribution < 1.29 is 37.3 Å². The molecular weight excluding hydrogens is 477 g/mol. The van der Waals surface area contributed by atoms with Crippen molar-refractivity contribution in [3.63, 3.8) is 0 Å². The summed E-state index contributed by atoms with van der Waals surface area (Å²) >= 11 is 0. The Labute approximate surface area is 208 Å². The Bertz CT molecular complexity index is 1030. The predicted molar refractivity (Wildman–Crippen MR) is 126 cm³/mol. The van der Waals surface area contributed by atoms with E-state index in [1.54, 1.807) is 0 Å². The van der Waals surface area contributed by atoms with Crippen LogP contribution in [0.25, 0.3) is 0 Å². The van der Waals surface area contributed by atoms with Crippen molar-refractivity contribution in [2.45, 2.75) is 50.2 Å². The van der Waals surface area contributed by atoms with E-state index in [-0.39, 0.29) is 5.60 Å². The van der Waals surface area contributed by atoms with Gasteiger partial charge in [0.05, 0.1) is 12.2 Å². The lowest BCUT2D eigenvalue weighted by Crippen LogP contribution is -2.44. The summed E-state index contributed by atoms with van der Waals surface area (Å²) < 4.78 is 49.1. The molecule has 7 nitrogen and oxygen atoms in total. The lowest BCUT2D eigenvalue weighted by molar-refractivity contribution is -0.192. The quantitative estimate of drug-likeness (QED) is 0.646. The van der Waals surface area contributed by atoms with Gasteiger partial charge in [0.2, 0.25) is 6.79 Å². The zero-order chi connectivity index (χ0) is 25.8. The molecule has 3 aliphatic rings.